The van der Waals surface area contributed by atoms with E-state index in [1.54, 1.807) is 113 Å². The lowest BCUT2D eigenvalue weighted by Crippen LogP contribution is -2.31. The molecule has 6 aromatic rings. The van der Waals surface area contributed by atoms with Crippen molar-refractivity contribution in [3.05, 3.63) is 107 Å². The molecular weight excluding hydrogens is 1040 g/mol. The first-order valence-electron chi connectivity index (χ1n) is 26.2. The van der Waals surface area contributed by atoms with Crippen molar-refractivity contribution in [2.45, 2.75) is 153 Å². The normalized spacial score (nSPS) is 17.7. The number of aromatic nitrogens is 10. The summed E-state index contributed by atoms with van der Waals surface area (Å²) in [4.78, 5) is 17.4. The van der Waals surface area contributed by atoms with E-state index >= 15 is 0 Å². The lowest BCUT2D eigenvalue weighted by Gasteiger charge is -2.26. The Hall–Kier alpha value is -6.18. The van der Waals surface area contributed by atoms with Crippen molar-refractivity contribution in [2.24, 2.45) is 0 Å². The van der Waals surface area contributed by atoms with E-state index in [4.69, 9.17) is 37.9 Å². The average molecular weight is 1120 g/mol. The van der Waals surface area contributed by atoms with Gasteiger partial charge in [-0.2, -0.15) is 0 Å². The summed E-state index contributed by atoms with van der Waals surface area (Å²) in [6, 6.07) is 10.7. The molecule has 78 heavy (non-hydrogen) atoms. The van der Waals surface area contributed by atoms with Gasteiger partial charge in [-0.3, -0.25) is 29.1 Å². The first-order chi connectivity index (χ1) is 37.3. The predicted octanol–water partition coefficient (Wildman–Crippen LogP) is 8.19. The van der Waals surface area contributed by atoms with Crippen LogP contribution in [-0.4, -0.2) is 131 Å². The Morgan fingerprint density at radius 3 is 1.17 bits per heavy atom. The van der Waals surface area contributed by atoms with Gasteiger partial charge in [0, 0.05) is 25.6 Å². The molecule has 424 valence electrons. The van der Waals surface area contributed by atoms with Crippen LogP contribution in [0.25, 0.3) is 11.4 Å². The SMILES string of the molecule is COc1cccc(OC)c1-n1c(CS(=O)(=O)[C@@H](C)[C@@H](OC(C)C)c2cnc(C)cn2)nnc1[C@@H]1CCCCO1.COc1cccc(OC)c1-n1c(CS(=O)(=O)[C@@H](C)[C@@H](OC(C)C)c2cnc(C)cn2)nnc1[C@H]1CCCCO1. The minimum Gasteiger partial charge on any atom is -0.494 e. The molecule has 0 aliphatic carbocycles. The summed E-state index contributed by atoms with van der Waals surface area (Å²) >= 11 is 0. The molecule has 22 nitrogen and oxygen atoms in total. The Morgan fingerprint density at radius 2 is 0.885 bits per heavy atom. The van der Waals surface area contributed by atoms with Crippen LogP contribution in [0.2, 0.25) is 0 Å². The van der Waals surface area contributed by atoms with Crippen LogP contribution in [0.1, 0.15) is 151 Å². The molecule has 0 bridgehead atoms. The Kier molecular flexibility index (Phi) is 20.3. The predicted molar refractivity (Wildman–Crippen MR) is 290 cm³/mol. The largest absolute Gasteiger partial charge is 0.494 e. The van der Waals surface area contributed by atoms with Gasteiger partial charge >= 0.3 is 0 Å². The van der Waals surface area contributed by atoms with Crippen molar-refractivity contribution in [1.82, 2.24) is 49.5 Å². The number of rotatable bonds is 22. The molecule has 0 amide bonds. The van der Waals surface area contributed by atoms with Crippen LogP contribution < -0.4 is 18.9 Å². The minimum absolute atomic E-state index is 0.229. The quantitative estimate of drug-likeness (QED) is 0.0620. The fraction of sp³-hybridized carbons (Fsp3) is 0.556. The zero-order chi connectivity index (χ0) is 56.3. The lowest BCUT2D eigenvalue weighted by molar-refractivity contribution is 0.00359. The highest BCUT2D eigenvalue weighted by molar-refractivity contribution is 7.91. The van der Waals surface area contributed by atoms with E-state index in [2.05, 4.69) is 40.3 Å². The van der Waals surface area contributed by atoms with Crippen molar-refractivity contribution < 1.29 is 54.7 Å². The van der Waals surface area contributed by atoms with Crippen molar-refractivity contribution in [3.63, 3.8) is 0 Å². The van der Waals surface area contributed by atoms with E-state index in [9.17, 15) is 16.8 Å². The number of para-hydroxylation sites is 2. The Balaban J connectivity index is 0.000000226. The maximum Gasteiger partial charge on any atom is 0.167 e. The fourth-order valence-corrected chi connectivity index (χ4v) is 12.1. The maximum atomic E-state index is 13.9. The lowest BCUT2D eigenvalue weighted by atomic mass is 10.1. The van der Waals surface area contributed by atoms with Crippen LogP contribution >= 0.6 is 0 Å². The first-order valence-corrected chi connectivity index (χ1v) is 29.6. The second-order valence-corrected chi connectivity index (χ2v) is 24.5. The fourth-order valence-electron chi connectivity index (χ4n) is 9.27. The average Bonchev–Trinajstić information content (AvgIpc) is 4.04. The van der Waals surface area contributed by atoms with E-state index in [0.29, 0.717) is 70.6 Å². The molecule has 2 aliphatic heterocycles. The smallest absolute Gasteiger partial charge is 0.167 e. The van der Waals surface area contributed by atoms with Gasteiger partial charge < -0.3 is 37.9 Å². The number of benzene rings is 2. The van der Waals surface area contributed by atoms with Gasteiger partial charge in [0.1, 0.15) is 70.3 Å². The van der Waals surface area contributed by atoms with E-state index in [-0.39, 0.29) is 36.1 Å². The molecule has 0 unspecified atom stereocenters. The van der Waals surface area contributed by atoms with Crippen molar-refractivity contribution in [3.8, 4) is 34.4 Å². The first kappa shape index (κ1) is 59.5. The number of aryl methyl sites for hydroxylation is 2. The van der Waals surface area contributed by atoms with E-state index in [1.807, 2.05) is 41.5 Å². The number of hydrogen-bond acceptors (Lipinski definition) is 20. The van der Waals surface area contributed by atoms with Gasteiger partial charge in [-0.15, -0.1) is 20.4 Å². The minimum atomic E-state index is -3.84. The number of sulfone groups is 2. The summed E-state index contributed by atoms with van der Waals surface area (Å²) in [7, 11) is -1.48. The third kappa shape index (κ3) is 14.0. The summed E-state index contributed by atoms with van der Waals surface area (Å²) in [5.74, 6) is 2.66. The van der Waals surface area contributed by atoms with E-state index in [1.165, 1.54) is 0 Å². The van der Waals surface area contributed by atoms with Gasteiger partial charge in [0.15, 0.2) is 43.0 Å². The molecule has 0 radical (unpaired) electrons. The van der Waals surface area contributed by atoms with Gasteiger partial charge in [0.2, 0.25) is 0 Å². The van der Waals surface area contributed by atoms with Gasteiger partial charge in [0.05, 0.1) is 86.3 Å². The molecule has 2 aliphatic rings. The molecule has 6 atom stereocenters. The monoisotopic (exact) mass is 1120 g/mol. The van der Waals surface area contributed by atoms with Crippen LogP contribution in [0, 0.1) is 13.8 Å². The number of nitrogens with zero attached hydrogens (tertiary/aromatic N) is 10. The molecule has 6 heterocycles. The van der Waals surface area contributed by atoms with Gasteiger partial charge in [-0.1, -0.05) is 12.1 Å². The molecule has 2 fully saturated rings. The molecule has 0 N–H and O–H groups in total. The van der Waals surface area contributed by atoms with Crippen LogP contribution in [0.3, 0.4) is 0 Å². The standard InChI is InChI=1S/2C27H37N5O6S/c2*1-17(2)38-26(20-15-28-18(3)14-29-20)19(4)39(33,34)16-24-30-31-27(23-10-7-8-13-37-23)32(24)25-21(35-5)11-9-12-22(25)36-6/h2*9,11-12,14-15,17,19,23,26H,7-8,10,13,16H2,1-6H3/t19-,23+,26+;19-,23-,26+/m00/s1. The molecule has 0 spiro atoms. The second-order valence-electron chi connectivity index (χ2n) is 19.8. The van der Waals surface area contributed by atoms with E-state index < -0.39 is 53.9 Å². The van der Waals surface area contributed by atoms with Crippen LogP contribution in [0.15, 0.2) is 61.2 Å². The highest BCUT2D eigenvalue weighted by Gasteiger charge is 2.39. The highest BCUT2D eigenvalue weighted by Crippen LogP contribution is 2.41. The Morgan fingerprint density at radius 1 is 0.526 bits per heavy atom. The van der Waals surface area contributed by atoms with Crippen LogP contribution in [0.4, 0.5) is 0 Å². The van der Waals surface area contributed by atoms with Crippen molar-refractivity contribution in [1.29, 1.82) is 0 Å². The molecule has 4 aromatic heterocycles. The molecule has 8 rings (SSSR count). The van der Waals surface area contributed by atoms with Gasteiger partial charge in [-0.05, 0) is 118 Å². The summed E-state index contributed by atoms with van der Waals surface area (Å²) in [5, 5.41) is 15.7. The van der Waals surface area contributed by atoms with Gasteiger partial charge in [0.25, 0.3) is 0 Å². The number of methoxy groups -OCH3 is 4. The summed E-state index contributed by atoms with van der Waals surface area (Å²) in [6.45, 7) is 15.5. The summed E-state index contributed by atoms with van der Waals surface area (Å²) in [6.07, 6.45) is 8.91. The molecule has 2 saturated heterocycles. The van der Waals surface area contributed by atoms with Crippen molar-refractivity contribution in [2.75, 3.05) is 41.7 Å². The van der Waals surface area contributed by atoms with Crippen LogP contribution in [-0.2, 0) is 50.1 Å². The Labute approximate surface area is 457 Å². The molecule has 2 aromatic carbocycles. The maximum absolute atomic E-state index is 13.9. The van der Waals surface area contributed by atoms with Gasteiger partial charge in [-0.25, -0.2) is 16.8 Å². The van der Waals surface area contributed by atoms with Crippen molar-refractivity contribution >= 4 is 19.7 Å². The third-order valence-corrected chi connectivity index (χ3v) is 17.4. The molecular formula is C54H74N10O12S2. The summed E-state index contributed by atoms with van der Waals surface area (Å²) in [5.41, 5.74) is 3.41. The molecule has 24 heteroatoms. The number of ether oxygens (including phenoxy) is 8. The Bertz CT molecular complexity index is 2870. The second kappa shape index (κ2) is 26.6. The van der Waals surface area contributed by atoms with E-state index in [0.717, 1.165) is 49.9 Å². The zero-order valence-corrected chi connectivity index (χ0v) is 48.3. The van der Waals surface area contributed by atoms with Crippen LogP contribution in [0.5, 0.6) is 23.0 Å². The number of hydrogen-bond donors (Lipinski definition) is 0. The topological polar surface area (TPSA) is 255 Å². The zero-order valence-electron chi connectivity index (χ0n) is 46.7. The summed E-state index contributed by atoms with van der Waals surface area (Å²) < 4.78 is 106. The molecule has 0 saturated carbocycles. The third-order valence-electron chi connectivity index (χ3n) is 13.4. The highest BCUT2D eigenvalue weighted by atomic mass is 32.2.